The molecule has 2 aromatic heterocycles. The van der Waals surface area contributed by atoms with E-state index in [1.807, 2.05) is 16.7 Å². The van der Waals surface area contributed by atoms with Crippen LogP contribution in [0.25, 0.3) is 10.9 Å². The molecule has 2 saturated heterocycles. The van der Waals surface area contributed by atoms with Gasteiger partial charge in [-0.3, -0.25) is 4.18 Å². The van der Waals surface area contributed by atoms with E-state index in [1.165, 1.54) is 6.07 Å². The van der Waals surface area contributed by atoms with Gasteiger partial charge in [-0.15, -0.1) is 0 Å². The first-order valence-corrected chi connectivity index (χ1v) is 22.4. The van der Waals surface area contributed by atoms with Crippen molar-refractivity contribution in [2.75, 3.05) is 62.8 Å². The molecule has 2 fully saturated rings. The second-order valence-corrected chi connectivity index (χ2v) is 21.7. The van der Waals surface area contributed by atoms with Gasteiger partial charge in [0.15, 0.2) is 6.23 Å². The van der Waals surface area contributed by atoms with Crippen LogP contribution in [0, 0.1) is 5.82 Å². The minimum absolute atomic E-state index is 0.0249. The number of anilines is 2. The smallest absolute Gasteiger partial charge is 0.409 e. The molecule has 2 atom stereocenters. The van der Waals surface area contributed by atoms with Gasteiger partial charge in [0, 0.05) is 70.0 Å². The van der Waals surface area contributed by atoms with Crippen molar-refractivity contribution in [3.63, 3.8) is 0 Å². The number of fused-ring (bicyclic) bond motifs is 2. The first-order chi connectivity index (χ1) is 23.3. The lowest BCUT2D eigenvalue weighted by Crippen LogP contribution is -2.50. The maximum atomic E-state index is 15.5. The molecule has 0 radical (unpaired) electrons. The van der Waals surface area contributed by atoms with Crippen LogP contribution >= 0.6 is 11.6 Å². The largest absolute Gasteiger partial charge is 0.450 e. The van der Waals surface area contributed by atoms with Crippen LogP contribution in [-0.4, -0.2) is 100 Å². The molecule has 17 heteroatoms. The Balaban J connectivity index is 1.33. The fraction of sp³-hybridized carbons (Fsp3) is 0.625. The molecule has 2 unspecified atom stereocenters. The van der Waals surface area contributed by atoms with Gasteiger partial charge < -0.3 is 24.2 Å². The highest BCUT2D eigenvalue weighted by Crippen LogP contribution is 2.43. The van der Waals surface area contributed by atoms with E-state index in [4.69, 9.17) is 25.3 Å². The maximum absolute atomic E-state index is 15.5. The van der Waals surface area contributed by atoms with Crippen LogP contribution in [0.4, 0.5) is 20.8 Å². The van der Waals surface area contributed by atoms with Crippen LogP contribution in [0.5, 0.6) is 0 Å². The Kier molecular flexibility index (Phi) is 10.4. The van der Waals surface area contributed by atoms with Crippen molar-refractivity contribution in [1.29, 1.82) is 0 Å². The van der Waals surface area contributed by atoms with Crippen molar-refractivity contribution < 1.29 is 31.3 Å². The third kappa shape index (κ3) is 7.39. The Morgan fingerprint density at radius 2 is 1.86 bits per heavy atom. The summed E-state index contributed by atoms with van der Waals surface area (Å²) in [6, 6.07) is 1.77. The quantitative estimate of drug-likeness (QED) is 0.151. The van der Waals surface area contributed by atoms with Crippen LogP contribution in [0.2, 0.25) is 30.7 Å². The summed E-state index contributed by atoms with van der Waals surface area (Å²) in [6.45, 7) is 11.8. The van der Waals surface area contributed by atoms with Crippen LogP contribution in [0.1, 0.15) is 56.0 Å². The molecule has 1 aromatic carbocycles. The Hall–Kier alpha value is -3.05. The van der Waals surface area contributed by atoms with Gasteiger partial charge in [0.05, 0.1) is 36.5 Å². The molecule has 3 aliphatic rings. The molecule has 0 spiro atoms. The Morgan fingerprint density at radius 3 is 2.53 bits per heavy atom. The van der Waals surface area contributed by atoms with Crippen LogP contribution in [0.3, 0.4) is 0 Å². The summed E-state index contributed by atoms with van der Waals surface area (Å²) in [5.74, 6) is 0.319. The number of aromatic nitrogens is 4. The number of halogens is 2. The highest BCUT2D eigenvalue weighted by Gasteiger charge is 2.35. The van der Waals surface area contributed by atoms with Crippen molar-refractivity contribution in [3.8, 4) is 0 Å². The number of nitrogens with zero attached hydrogens (tertiary/aromatic N) is 7. The molecule has 0 N–H and O–H groups in total. The lowest BCUT2D eigenvalue weighted by Gasteiger charge is -2.40. The number of amides is 1. The SMILES string of the molecule is COS(=O)(=O)c1nc(N2CCN(C(=O)OCC[Si](C)(C)C)CC2)c2c(n1)N(C(C)c1c(Cl)c(F)cc3c1cnn3C1CCCCO1)CCC2. The van der Waals surface area contributed by atoms with Gasteiger partial charge in [-0.05, 0) is 45.1 Å². The summed E-state index contributed by atoms with van der Waals surface area (Å²) in [4.78, 5) is 27.5. The monoisotopic (exact) mass is 737 g/mol. The van der Waals surface area contributed by atoms with Crippen LogP contribution in [0.15, 0.2) is 17.4 Å². The Labute approximate surface area is 292 Å². The second kappa shape index (κ2) is 14.3. The van der Waals surface area contributed by atoms with E-state index in [9.17, 15) is 13.2 Å². The van der Waals surface area contributed by atoms with E-state index in [0.717, 1.165) is 44.4 Å². The number of piperazine rings is 1. The standard InChI is InChI=1S/C32H45ClFN7O6SSi/c1-21(27-23-20-35-41(26-10-6-7-16-46-26)25(23)19-24(34)28(27)33)40-11-8-9-22-29(36-31(37-30(22)40)48(43,44)45-2)38-12-14-39(15-13-38)32(42)47-17-18-49(3,4)5/h19-21,26H,6-18H2,1-5H3. The number of benzene rings is 1. The van der Waals surface area contributed by atoms with Crippen LogP contribution < -0.4 is 9.80 Å². The molecule has 0 aliphatic carbocycles. The first kappa shape index (κ1) is 35.8. The summed E-state index contributed by atoms with van der Waals surface area (Å²) in [7, 11) is -4.56. The maximum Gasteiger partial charge on any atom is 0.409 e. The molecule has 49 heavy (non-hydrogen) atoms. The molecular weight excluding hydrogens is 693 g/mol. The molecule has 13 nitrogen and oxygen atoms in total. The summed E-state index contributed by atoms with van der Waals surface area (Å²) in [5, 5.41) is 4.79. The molecule has 268 valence electrons. The number of rotatable bonds is 9. The van der Waals surface area contributed by atoms with E-state index < -0.39 is 35.2 Å². The van der Waals surface area contributed by atoms with Crippen molar-refractivity contribution in [2.24, 2.45) is 0 Å². The lowest BCUT2D eigenvalue weighted by molar-refractivity contribution is -0.0366. The van der Waals surface area contributed by atoms with Crippen molar-refractivity contribution in [3.05, 3.63) is 34.2 Å². The zero-order valence-electron chi connectivity index (χ0n) is 28.7. The second-order valence-electron chi connectivity index (χ2n) is 14.1. The molecule has 6 rings (SSSR count). The molecule has 1 amide bonds. The minimum atomic E-state index is -4.28. The number of carbonyl (C=O) groups excluding carboxylic acids is 1. The van der Waals surface area contributed by atoms with Gasteiger partial charge in [0.2, 0.25) is 0 Å². The molecule has 0 saturated carbocycles. The molecular formula is C32H45ClFN7O6SSi. The number of hydrogen-bond acceptors (Lipinski definition) is 11. The highest BCUT2D eigenvalue weighted by atomic mass is 35.5. The zero-order valence-corrected chi connectivity index (χ0v) is 31.3. The minimum Gasteiger partial charge on any atom is -0.450 e. The third-order valence-corrected chi connectivity index (χ3v) is 12.7. The summed E-state index contributed by atoms with van der Waals surface area (Å²) >= 11 is 6.71. The van der Waals surface area contributed by atoms with Gasteiger partial charge in [-0.1, -0.05) is 31.2 Å². The van der Waals surface area contributed by atoms with E-state index in [2.05, 4.69) is 34.7 Å². The van der Waals surface area contributed by atoms with E-state index in [0.29, 0.717) is 80.5 Å². The first-order valence-electron chi connectivity index (χ1n) is 16.9. The number of hydrogen-bond donors (Lipinski definition) is 0. The third-order valence-electron chi connectivity index (χ3n) is 9.55. The van der Waals surface area contributed by atoms with Gasteiger partial charge in [0.25, 0.3) is 5.16 Å². The number of ether oxygens (including phenoxy) is 2. The predicted molar refractivity (Wildman–Crippen MR) is 187 cm³/mol. The normalized spacial score (nSPS) is 19.7. The zero-order chi connectivity index (χ0) is 35.1. The van der Waals surface area contributed by atoms with E-state index >= 15 is 4.39 Å². The molecule has 0 bridgehead atoms. The summed E-state index contributed by atoms with van der Waals surface area (Å²) < 4.78 is 59.8. The Morgan fingerprint density at radius 1 is 1.12 bits per heavy atom. The van der Waals surface area contributed by atoms with E-state index in [1.54, 1.807) is 15.8 Å². The number of carbonyl (C=O) groups is 1. The van der Waals surface area contributed by atoms with Gasteiger partial charge in [-0.2, -0.15) is 23.5 Å². The summed E-state index contributed by atoms with van der Waals surface area (Å²) in [5.41, 5.74) is 1.88. The topological polar surface area (TPSA) is 132 Å². The van der Waals surface area contributed by atoms with Gasteiger partial charge in [-0.25, -0.2) is 13.9 Å². The van der Waals surface area contributed by atoms with E-state index in [-0.39, 0.29) is 17.3 Å². The average Bonchev–Trinajstić information content (AvgIpc) is 3.50. The lowest BCUT2D eigenvalue weighted by atomic mass is 9.98. The highest BCUT2D eigenvalue weighted by molar-refractivity contribution is 7.86. The van der Waals surface area contributed by atoms with Crippen molar-refractivity contribution in [2.45, 2.75) is 82.1 Å². The Bertz CT molecular complexity index is 1810. The van der Waals surface area contributed by atoms with Crippen molar-refractivity contribution in [1.82, 2.24) is 24.6 Å². The van der Waals surface area contributed by atoms with Crippen molar-refractivity contribution >= 4 is 58.4 Å². The van der Waals surface area contributed by atoms with Gasteiger partial charge in [0.1, 0.15) is 17.5 Å². The average molecular weight is 738 g/mol. The molecule has 3 aliphatic heterocycles. The predicted octanol–water partition coefficient (Wildman–Crippen LogP) is 5.76. The molecule has 3 aromatic rings. The fourth-order valence-electron chi connectivity index (χ4n) is 6.76. The molecule has 5 heterocycles. The van der Waals surface area contributed by atoms with Gasteiger partial charge >= 0.3 is 16.2 Å². The van der Waals surface area contributed by atoms with Crippen LogP contribution in [-0.2, 0) is 30.2 Å². The summed E-state index contributed by atoms with van der Waals surface area (Å²) in [6.07, 6.45) is 5.10. The fourth-order valence-corrected chi connectivity index (χ4v) is 8.33.